The summed E-state index contributed by atoms with van der Waals surface area (Å²) in [4.78, 5) is 16.6. The predicted octanol–water partition coefficient (Wildman–Crippen LogP) is 0.520. The van der Waals surface area contributed by atoms with Gasteiger partial charge in [0.25, 0.3) is 0 Å². The van der Waals surface area contributed by atoms with Crippen LogP contribution in [0.3, 0.4) is 0 Å². The quantitative estimate of drug-likeness (QED) is 0.586. The van der Waals surface area contributed by atoms with Crippen molar-refractivity contribution in [3.63, 3.8) is 0 Å². The molecule has 0 aromatic carbocycles. The van der Waals surface area contributed by atoms with Gasteiger partial charge in [-0.15, -0.1) is 0 Å². The molecule has 4 nitrogen and oxygen atoms in total. The van der Waals surface area contributed by atoms with Gasteiger partial charge in [0, 0.05) is 7.05 Å². The minimum absolute atomic E-state index is 0.0370. The highest BCUT2D eigenvalue weighted by molar-refractivity contribution is 5.98. The highest BCUT2D eigenvalue weighted by Gasteiger charge is 2.32. The molecule has 1 aliphatic heterocycles. The molecule has 68 valence electrons. The maximum Gasteiger partial charge on any atom is 0.345 e. The topological polar surface area (TPSA) is 58.7 Å². The molecular formula is C9H11N3O. The van der Waals surface area contributed by atoms with Crippen molar-refractivity contribution in [1.29, 1.82) is 0 Å². The van der Waals surface area contributed by atoms with Crippen LogP contribution in [-0.2, 0) is 0 Å². The van der Waals surface area contributed by atoms with E-state index in [9.17, 15) is 4.79 Å². The summed E-state index contributed by atoms with van der Waals surface area (Å²) < 4.78 is 0. The smallest absolute Gasteiger partial charge is 0.345 e. The minimum Gasteiger partial charge on any atom is -0.386 e. The van der Waals surface area contributed by atoms with Crippen LogP contribution < -0.4 is 5.73 Å². The number of nitrogens with two attached hydrogens (primary N) is 1. The van der Waals surface area contributed by atoms with E-state index in [1.54, 1.807) is 11.9 Å². The van der Waals surface area contributed by atoms with Gasteiger partial charge in [-0.3, -0.25) is 0 Å². The van der Waals surface area contributed by atoms with E-state index in [0.717, 1.165) is 0 Å². The molecule has 1 aliphatic carbocycles. The van der Waals surface area contributed by atoms with Gasteiger partial charge < -0.3 is 10.6 Å². The highest BCUT2D eigenvalue weighted by Crippen LogP contribution is 2.22. The first kappa shape index (κ1) is 8.04. The van der Waals surface area contributed by atoms with Crippen LogP contribution in [0, 0.1) is 5.92 Å². The molecule has 2 unspecified atom stereocenters. The summed E-state index contributed by atoms with van der Waals surface area (Å²) in [5, 5.41) is 0. The summed E-state index contributed by atoms with van der Waals surface area (Å²) in [5.74, 6) is 0.460. The van der Waals surface area contributed by atoms with E-state index in [0.29, 0.717) is 5.84 Å². The molecule has 0 radical (unpaired) electrons. The van der Waals surface area contributed by atoms with Gasteiger partial charge in [0.2, 0.25) is 0 Å². The Labute approximate surface area is 76.4 Å². The number of carbonyl (C=O) groups is 1. The van der Waals surface area contributed by atoms with E-state index in [1.807, 2.05) is 24.3 Å². The van der Waals surface area contributed by atoms with Crippen LogP contribution >= 0.6 is 0 Å². The normalized spacial score (nSPS) is 31.6. The fraction of sp³-hybridized carbons (Fsp3) is 0.333. The van der Waals surface area contributed by atoms with Crippen molar-refractivity contribution in [2.45, 2.75) is 6.04 Å². The summed E-state index contributed by atoms with van der Waals surface area (Å²) in [5.41, 5.74) is 5.66. The molecule has 0 saturated heterocycles. The first-order chi connectivity index (χ1) is 6.20. The zero-order chi connectivity index (χ0) is 9.42. The maximum absolute atomic E-state index is 11.3. The van der Waals surface area contributed by atoms with Gasteiger partial charge in [0.05, 0.1) is 12.0 Å². The summed E-state index contributed by atoms with van der Waals surface area (Å²) in [6.07, 6.45) is 7.77. The molecule has 2 N–H and O–H groups in total. The number of fused-ring (bicyclic) bond motifs is 1. The monoisotopic (exact) mass is 177 g/mol. The van der Waals surface area contributed by atoms with Gasteiger partial charge in [-0.2, -0.15) is 4.99 Å². The molecule has 0 bridgehead atoms. The largest absolute Gasteiger partial charge is 0.386 e. The van der Waals surface area contributed by atoms with E-state index < -0.39 is 0 Å². The first-order valence-electron chi connectivity index (χ1n) is 4.16. The van der Waals surface area contributed by atoms with Gasteiger partial charge >= 0.3 is 6.03 Å². The van der Waals surface area contributed by atoms with Crippen molar-refractivity contribution in [3.05, 3.63) is 24.3 Å². The van der Waals surface area contributed by atoms with Crippen molar-refractivity contribution in [2.24, 2.45) is 16.6 Å². The second-order valence-corrected chi connectivity index (χ2v) is 3.22. The van der Waals surface area contributed by atoms with E-state index in [2.05, 4.69) is 4.99 Å². The molecular weight excluding hydrogens is 166 g/mol. The molecule has 0 saturated carbocycles. The van der Waals surface area contributed by atoms with E-state index >= 15 is 0 Å². The standard InChI is InChI=1S/C9H11N3O/c1-12-7-5-3-2-4-6(7)8(10)11-9(12)13/h2-7H,1H3,(H2,10,11,13). The molecule has 0 aromatic heterocycles. The van der Waals surface area contributed by atoms with E-state index in [4.69, 9.17) is 5.73 Å². The maximum atomic E-state index is 11.3. The van der Waals surface area contributed by atoms with E-state index in [-0.39, 0.29) is 18.0 Å². The second kappa shape index (κ2) is 2.73. The van der Waals surface area contributed by atoms with Gasteiger partial charge in [0.1, 0.15) is 5.84 Å². The van der Waals surface area contributed by atoms with Crippen molar-refractivity contribution in [3.8, 4) is 0 Å². The Morgan fingerprint density at radius 3 is 2.92 bits per heavy atom. The SMILES string of the molecule is CN1C(=O)N=C(N)C2C=CC=CC21. The predicted molar refractivity (Wildman–Crippen MR) is 50.3 cm³/mol. The molecule has 2 atom stereocenters. The van der Waals surface area contributed by atoms with Crippen LogP contribution in [-0.4, -0.2) is 29.9 Å². The first-order valence-corrected chi connectivity index (χ1v) is 4.16. The summed E-state index contributed by atoms with van der Waals surface area (Å²) in [6.45, 7) is 0. The summed E-state index contributed by atoms with van der Waals surface area (Å²) in [7, 11) is 1.74. The third-order valence-electron chi connectivity index (χ3n) is 2.42. The minimum atomic E-state index is -0.265. The van der Waals surface area contributed by atoms with Crippen molar-refractivity contribution < 1.29 is 4.79 Å². The average molecular weight is 177 g/mol. The second-order valence-electron chi connectivity index (χ2n) is 3.22. The third kappa shape index (κ3) is 1.14. The number of aliphatic imine (C=N–C) groups is 1. The zero-order valence-electron chi connectivity index (χ0n) is 7.34. The molecule has 2 rings (SSSR count). The zero-order valence-corrected chi connectivity index (χ0v) is 7.34. The average Bonchev–Trinajstić information content (AvgIpc) is 2.15. The lowest BCUT2D eigenvalue weighted by Gasteiger charge is -2.34. The fourth-order valence-corrected chi connectivity index (χ4v) is 1.63. The lowest BCUT2D eigenvalue weighted by molar-refractivity contribution is 0.200. The molecule has 0 aromatic rings. The lowest BCUT2D eigenvalue weighted by atomic mass is 9.92. The number of carbonyl (C=O) groups excluding carboxylic acids is 1. The molecule has 13 heavy (non-hydrogen) atoms. The van der Waals surface area contributed by atoms with Gasteiger partial charge in [-0.1, -0.05) is 24.3 Å². The Balaban J connectivity index is 2.40. The van der Waals surface area contributed by atoms with Gasteiger partial charge in [-0.25, -0.2) is 4.79 Å². The van der Waals surface area contributed by atoms with Crippen LogP contribution in [0.5, 0.6) is 0 Å². The van der Waals surface area contributed by atoms with E-state index in [1.165, 1.54) is 0 Å². The number of hydrogen-bond donors (Lipinski definition) is 1. The van der Waals surface area contributed by atoms with Crippen molar-refractivity contribution >= 4 is 11.9 Å². The third-order valence-corrected chi connectivity index (χ3v) is 2.42. The van der Waals surface area contributed by atoms with Crippen LogP contribution in [0.1, 0.15) is 0 Å². The number of urea groups is 1. The number of amides is 2. The van der Waals surface area contributed by atoms with Gasteiger partial charge in [0.15, 0.2) is 0 Å². The Kier molecular flexibility index (Phi) is 1.69. The van der Waals surface area contributed by atoms with Crippen LogP contribution in [0.25, 0.3) is 0 Å². The molecule has 2 aliphatic rings. The van der Waals surface area contributed by atoms with Crippen LogP contribution in [0.4, 0.5) is 4.79 Å². The molecule has 0 fully saturated rings. The molecule has 0 spiro atoms. The Morgan fingerprint density at radius 1 is 1.46 bits per heavy atom. The number of likely N-dealkylation sites (N-methyl/N-ethyl adjacent to an activating group) is 1. The van der Waals surface area contributed by atoms with Crippen molar-refractivity contribution in [1.82, 2.24) is 4.90 Å². The molecule has 2 amide bonds. The fourth-order valence-electron chi connectivity index (χ4n) is 1.63. The Bertz CT molecular complexity index is 330. The Morgan fingerprint density at radius 2 is 2.15 bits per heavy atom. The number of amidine groups is 1. The van der Waals surface area contributed by atoms with Gasteiger partial charge in [-0.05, 0) is 0 Å². The summed E-state index contributed by atoms with van der Waals surface area (Å²) in [6, 6.07) is -0.228. The highest BCUT2D eigenvalue weighted by atomic mass is 16.2. The van der Waals surface area contributed by atoms with Crippen LogP contribution in [0.2, 0.25) is 0 Å². The summed E-state index contributed by atoms with van der Waals surface area (Å²) >= 11 is 0. The van der Waals surface area contributed by atoms with Crippen LogP contribution in [0.15, 0.2) is 29.3 Å². The lowest BCUT2D eigenvalue weighted by Crippen LogP contribution is -2.49. The molecule has 4 heteroatoms. The Hall–Kier alpha value is -1.58. The number of nitrogens with zero attached hydrogens (tertiary/aromatic N) is 2. The molecule has 1 heterocycles. The van der Waals surface area contributed by atoms with Crippen molar-refractivity contribution in [2.75, 3.05) is 7.05 Å². The number of hydrogen-bond acceptors (Lipinski definition) is 2. The number of rotatable bonds is 0. The number of allylic oxidation sites excluding steroid dienone is 2.